The maximum absolute atomic E-state index is 5.55. The zero-order valence-electron chi connectivity index (χ0n) is 15.0. The molecule has 0 aliphatic heterocycles. The standard InChI is InChI=1S/C20H20N4O2/c1-23-16-9-5-4-8-15(16)22-20(23)19-21-11-12-24(19)13-14-7-6-10-17(25-2)18(14)26-3/h4-12H,13H2,1-3H3. The highest BCUT2D eigenvalue weighted by Crippen LogP contribution is 2.32. The average molecular weight is 348 g/mol. The fourth-order valence-electron chi connectivity index (χ4n) is 3.25. The highest BCUT2D eigenvalue weighted by atomic mass is 16.5. The largest absolute Gasteiger partial charge is 0.493 e. The molecule has 0 fully saturated rings. The highest BCUT2D eigenvalue weighted by molar-refractivity contribution is 5.79. The van der Waals surface area contributed by atoms with E-state index >= 15 is 0 Å². The lowest BCUT2D eigenvalue weighted by molar-refractivity contribution is 0.351. The Labute approximate surface area is 151 Å². The minimum absolute atomic E-state index is 0.610. The molecule has 4 aromatic rings. The zero-order valence-corrected chi connectivity index (χ0v) is 15.0. The van der Waals surface area contributed by atoms with E-state index in [9.17, 15) is 0 Å². The van der Waals surface area contributed by atoms with Crippen LogP contribution in [0.3, 0.4) is 0 Å². The van der Waals surface area contributed by atoms with E-state index < -0.39 is 0 Å². The van der Waals surface area contributed by atoms with Crippen molar-refractivity contribution in [3.8, 4) is 23.1 Å². The van der Waals surface area contributed by atoms with Crippen molar-refractivity contribution >= 4 is 11.0 Å². The first-order chi connectivity index (χ1) is 12.7. The van der Waals surface area contributed by atoms with Gasteiger partial charge in [-0.2, -0.15) is 0 Å². The third-order valence-electron chi connectivity index (χ3n) is 4.53. The topological polar surface area (TPSA) is 54.1 Å². The van der Waals surface area contributed by atoms with Gasteiger partial charge >= 0.3 is 0 Å². The van der Waals surface area contributed by atoms with Gasteiger partial charge in [0.2, 0.25) is 0 Å². The lowest BCUT2D eigenvalue weighted by atomic mass is 10.2. The van der Waals surface area contributed by atoms with Crippen molar-refractivity contribution in [2.45, 2.75) is 6.54 Å². The molecule has 0 spiro atoms. The van der Waals surface area contributed by atoms with Gasteiger partial charge in [0.05, 0.1) is 31.8 Å². The van der Waals surface area contributed by atoms with E-state index in [1.54, 1.807) is 20.4 Å². The molecule has 0 unspecified atom stereocenters. The van der Waals surface area contributed by atoms with Crippen molar-refractivity contribution in [1.82, 2.24) is 19.1 Å². The number of benzene rings is 2. The second-order valence-corrected chi connectivity index (χ2v) is 6.01. The summed E-state index contributed by atoms with van der Waals surface area (Å²) in [7, 11) is 5.31. The second kappa shape index (κ2) is 6.55. The predicted molar refractivity (Wildman–Crippen MR) is 101 cm³/mol. The molecule has 0 amide bonds. The van der Waals surface area contributed by atoms with Crippen LogP contribution in [0.5, 0.6) is 11.5 Å². The molecule has 2 heterocycles. The molecule has 26 heavy (non-hydrogen) atoms. The van der Waals surface area contributed by atoms with Crippen molar-refractivity contribution in [2.75, 3.05) is 14.2 Å². The summed E-state index contributed by atoms with van der Waals surface area (Å²) < 4.78 is 15.1. The fourth-order valence-corrected chi connectivity index (χ4v) is 3.25. The number of aryl methyl sites for hydroxylation is 1. The molecule has 132 valence electrons. The normalized spacial score (nSPS) is 11.0. The number of ether oxygens (including phenoxy) is 2. The number of imidazole rings is 2. The number of rotatable bonds is 5. The summed E-state index contributed by atoms with van der Waals surface area (Å²) in [6, 6.07) is 14.0. The molecule has 0 bridgehead atoms. The molecule has 6 nitrogen and oxygen atoms in total. The minimum Gasteiger partial charge on any atom is -0.493 e. The lowest BCUT2D eigenvalue weighted by Gasteiger charge is -2.14. The van der Waals surface area contributed by atoms with Crippen molar-refractivity contribution in [3.63, 3.8) is 0 Å². The maximum Gasteiger partial charge on any atom is 0.177 e. The van der Waals surface area contributed by atoms with E-state index in [1.165, 1.54) is 0 Å². The highest BCUT2D eigenvalue weighted by Gasteiger charge is 2.16. The van der Waals surface area contributed by atoms with E-state index in [1.807, 2.05) is 49.6 Å². The molecule has 0 aliphatic carbocycles. The molecule has 0 saturated heterocycles. The summed E-state index contributed by atoms with van der Waals surface area (Å²) >= 11 is 0. The van der Waals surface area contributed by atoms with Crippen LogP contribution in [-0.2, 0) is 13.6 Å². The molecule has 2 aromatic heterocycles. The predicted octanol–water partition coefficient (Wildman–Crippen LogP) is 3.50. The third kappa shape index (κ3) is 2.60. The summed E-state index contributed by atoms with van der Waals surface area (Å²) in [5.41, 5.74) is 3.05. The first-order valence-electron chi connectivity index (χ1n) is 8.35. The number of hydrogen-bond acceptors (Lipinski definition) is 4. The van der Waals surface area contributed by atoms with Crippen molar-refractivity contribution < 1.29 is 9.47 Å². The molecular formula is C20H20N4O2. The molecule has 4 rings (SSSR count). The van der Waals surface area contributed by atoms with Crippen molar-refractivity contribution in [3.05, 3.63) is 60.4 Å². The summed E-state index contributed by atoms with van der Waals surface area (Å²) in [5, 5.41) is 0. The number of hydrogen-bond donors (Lipinski definition) is 0. The first-order valence-corrected chi connectivity index (χ1v) is 8.35. The van der Waals surface area contributed by atoms with Gasteiger partial charge in [-0.25, -0.2) is 9.97 Å². The Morgan fingerprint density at radius 1 is 0.962 bits per heavy atom. The van der Waals surface area contributed by atoms with Crippen LogP contribution in [-0.4, -0.2) is 33.3 Å². The van der Waals surface area contributed by atoms with Gasteiger partial charge in [-0.15, -0.1) is 0 Å². The Balaban J connectivity index is 1.78. The number of methoxy groups -OCH3 is 2. The third-order valence-corrected chi connectivity index (χ3v) is 4.53. The van der Waals surface area contributed by atoms with E-state index in [4.69, 9.17) is 14.5 Å². The van der Waals surface area contributed by atoms with Gasteiger partial charge in [0.25, 0.3) is 0 Å². The van der Waals surface area contributed by atoms with Crippen LogP contribution in [0, 0.1) is 0 Å². The Kier molecular flexibility index (Phi) is 4.08. The lowest BCUT2D eigenvalue weighted by Crippen LogP contribution is -2.06. The van der Waals surface area contributed by atoms with Gasteiger partial charge in [0.1, 0.15) is 0 Å². The van der Waals surface area contributed by atoms with E-state index in [0.29, 0.717) is 6.54 Å². The van der Waals surface area contributed by atoms with Crippen molar-refractivity contribution in [2.24, 2.45) is 7.05 Å². The van der Waals surface area contributed by atoms with Gasteiger partial charge in [-0.1, -0.05) is 24.3 Å². The van der Waals surface area contributed by atoms with Crippen LogP contribution >= 0.6 is 0 Å². The number of nitrogens with zero attached hydrogens (tertiary/aromatic N) is 4. The second-order valence-electron chi connectivity index (χ2n) is 6.01. The van der Waals surface area contributed by atoms with Crippen LogP contribution < -0.4 is 9.47 Å². The monoisotopic (exact) mass is 348 g/mol. The smallest absolute Gasteiger partial charge is 0.177 e. The van der Waals surface area contributed by atoms with Crippen LogP contribution in [0.25, 0.3) is 22.7 Å². The quantitative estimate of drug-likeness (QED) is 0.554. The molecule has 6 heteroatoms. The van der Waals surface area contributed by atoms with Crippen LogP contribution in [0.2, 0.25) is 0 Å². The van der Waals surface area contributed by atoms with E-state index in [2.05, 4.69) is 20.2 Å². The molecule has 0 aliphatic rings. The van der Waals surface area contributed by atoms with Gasteiger partial charge in [-0.3, -0.25) is 0 Å². The molecule has 0 saturated carbocycles. The van der Waals surface area contributed by atoms with Gasteiger partial charge in [0.15, 0.2) is 23.1 Å². The van der Waals surface area contributed by atoms with E-state index in [-0.39, 0.29) is 0 Å². The van der Waals surface area contributed by atoms with Crippen LogP contribution in [0.4, 0.5) is 0 Å². The summed E-state index contributed by atoms with van der Waals surface area (Å²) in [5.74, 6) is 3.10. The summed E-state index contributed by atoms with van der Waals surface area (Å²) in [6.07, 6.45) is 3.74. The minimum atomic E-state index is 0.610. The molecule has 2 aromatic carbocycles. The molecule has 0 atom stereocenters. The van der Waals surface area contributed by atoms with Crippen molar-refractivity contribution in [1.29, 1.82) is 0 Å². The van der Waals surface area contributed by atoms with Crippen LogP contribution in [0.1, 0.15) is 5.56 Å². The fraction of sp³-hybridized carbons (Fsp3) is 0.200. The van der Waals surface area contributed by atoms with Gasteiger partial charge < -0.3 is 18.6 Å². The average Bonchev–Trinajstić information content (AvgIpc) is 3.26. The molecule has 0 N–H and O–H groups in total. The van der Waals surface area contributed by atoms with Gasteiger partial charge in [0, 0.05) is 25.0 Å². The summed E-state index contributed by atoms with van der Waals surface area (Å²) in [4.78, 5) is 9.30. The zero-order chi connectivity index (χ0) is 18.1. The summed E-state index contributed by atoms with van der Waals surface area (Å²) in [6.45, 7) is 0.610. The van der Waals surface area contributed by atoms with Crippen LogP contribution in [0.15, 0.2) is 54.9 Å². The molecular weight excluding hydrogens is 328 g/mol. The Morgan fingerprint density at radius 2 is 1.81 bits per heavy atom. The number of aromatic nitrogens is 4. The van der Waals surface area contributed by atoms with E-state index in [0.717, 1.165) is 39.7 Å². The molecule has 0 radical (unpaired) electrons. The Hall–Kier alpha value is -3.28. The van der Waals surface area contributed by atoms with Gasteiger partial charge in [-0.05, 0) is 18.2 Å². The first kappa shape index (κ1) is 16.2. The number of para-hydroxylation sites is 3. The Morgan fingerprint density at radius 3 is 2.58 bits per heavy atom. The maximum atomic E-state index is 5.55. The number of fused-ring (bicyclic) bond motifs is 1. The Bertz CT molecular complexity index is 1060. The SMILES string of the molecule is COc1cccc(Cn2ccnc2-c2nc3ccccc3n2C)c1OC.